The molecule has 2 N–H and O–H groups in total. The van der Waals surface area contributed by atoms with Gasteiger partial charge in [0.1, 0.15) is 5.75 Å². The molecule has 2 heteroatoms. The third-order valence-electron chi connectivity index (χ3n) is 2.90. The van der Waals surface area contributed by atoms with E-state index in [9.17, 15) is 0 Å². The predicted octanol–water partition coefficient (Wildman–Crippen LogP) is 3.33. The Morgan fingerprint density at radius 3 is 2.56 bits per heavy atom. The van der Waals surface area contributed by atoms with E-state index in [0.29, 0.717) is 6.61 Å². The van der Waals surface area contributed by atoms with Crippen LogP contribution in [0.4, 0.5) is 0 Å². The van der Waals surface area contributed by atoms with Crippen LogP contribution in [0.5, 0.6) is 5.75 Å². The molecule has 0 aliphatic heterocycles. The number of hydrogen-bond donors (Lipinski definition) is 1. The lowest BCUT2D eigenvalue weighted by Crippen LogP contribution is -2.13. The molecule has 18 heavy (non-hydrogen) atoms. The minimum atomic E-state index is 0.00723. The van der Waals surface area contributed by atoms with E-state index in [1.54, 1.807) is 0 Å². The zero-order valence-electron chi connectivity index (χ0n) is 10.7. The Kier molecular flexibility index (Phi) is 4.37. The molecule has 0 bridgehead atoms. The SMILES string of the molecule is CCOc1cccc(C(N)Cc2ccccc2)c1. The first-order valence-corrected chi connectivity index (χ1v) is 6.32. The number of nitrogens with two attached hydrogens (primary N) is 1. The summed E-state index contributed by atoms with van der Waals surface area (Å²) in [5.74, 6) is 0.888. The van der Waals surface area contributed by atoms with Crippen LogP contribution in [-0.4, -0.2) is 6.61 Å². The van der Waals surface area contributed by atoms with Gasteiger partial charge in [-0.1, -0.05) is 42.5 Å². The smallest absolute Gasteiger partial charge is 0.119 e. The molecule has 1 atom stereocenters. The van der Waals surface area contributed by atoms with E-state index in [0.717, 1.165) is 17.7 Å². The highest BCUT2D eigenvalue weighted by atomic mass is 16.5. The number of rotatable bonds is 5. The van der Waals surface area contributed by atoms with Crippen molar-refractivity contribution in [1.29, 1.82) is 0 Å². The summed E-state index contributed by atoms with van der Waals surface area (Å²) in [6.07, 6.45) is 0.844. The highest BCUT2D eigenvalue weighted by Crippen LogP contribution is 2.20. The molecule has 0 saturated heterocycles. The number of benzene rings is 2. The van der Waals surface area contributed by atoms with Crippen molar-refractivity contribution in [3.63, 3.8) is 0 Å². The summed E-state index contributed by atoms with van der Waals surface area (Å²) < 4.78 is 5.49. The molecule has 2 aromatic carbocycles. The molecule has 0 aliphatic carbocycles. The average molecular weight is 241 g/mol. The maximum Gasteiger partial charge on any atom is 0.119 e. The molecule has 0 amide bonds. The second kappa shape index (κ2) is 6.22. The van der Waals surface area contributed by atoms with Gasteiger partial charge in [-0.05, 0) is 36.6 Å². The lowest BCUT2D eigenvalue weighted by molar-refractivity contribution is 0.339. The Hall–Kier alpha value is -1.80. The highest BCUT2D eigenvalue weighted by Gasteiger charge is 2.07. The van der Waals surface area contributed by atoms with Crippen LogP contribution in [0.1, 0.15) is 24.1 Å². The van der Waals surface area contributed by atoms with Crippen molar-refractivity contribution in [3.05, 3.63) is 65.7 Å². The molecule has 94 valence electrons. The molecule has 0 heterocycles. The fourth-order valence-corrected chi connectivity index (χ4v) is 1.99. The van der Waals surface area contributed by atoms with Crippen LogP contribution in [0.15, 0.2) is 54.6 Å². The molecular formula is C16H19NO. The fraction of sp³-hybridized carbons (Fsp3) is 0.250. The topological polar surface area (TPSA) is 35.2 Å². The van der Waals surface area contributed by atoms with E-state index >= 15 is 0 Å². The lowest BCUT2D eigenvalue weighted by Gasteiger charge is -2.13. The minimum absolute atomic E-state index is 0.00723. The molecule has 0 aliphatic rings. The predicted molar refractivity (Wildman–Crippen MR) is 74.7 cm³/mol. The Balaban J connectivity index is 2.08. The third kappa shape index (κ3) is 3.34. The van der Waals surface area contributed by atoms with Crippen LogP contribution in [0.25, 0.3) is 0 Å². The Morgan fingerprint density at radius 1 is 1.06 bits per heavy atom. The third-order valence-corrected chi connectivity index (χ3v) is 2.90. The molecule has 2 aromatic rings. The summed E-state index contributed by atoms with van der Waals surface area (Å²) in [5, 5.41) is 0. The first-order valence-electron chi connectivity index (χ1n) is 6.32. The molecule has 0 radical (unpaired) electrons. The van der Waals surface area contributed by atoms with Gasteiger partial charge in [0, 0.05) is 6.04 Å². The van der Waals surface area contributed by atoms with Gasteiger partial charge < -0.3 is 10.5 Å². The van der Waals surface area contributed by atoms with Gasteiger partial charge in [-0.3, -0.25) is 0 Å². The maximum atomic E-state index is 6.24. The first kappa shape index (κ1) is 12.7. The van der Waals surface area contributed by atoms with E-state index < -0.39 is 0 Å². The normalized spacial score (nSPS) is 12.1. The van der Waals surface area contributed by atoms with E-state index in [-0.39, 0.29) is 6.04 Å². The molecular weight excluding hydrogens is 222 g/mol. The van der Waals surface area contributed by atoms with Crippen molar-refractivity contribution < 1.29 is 4.74 Å². The molecule has 0 aromatic heterocycles. The Morgan fingerprint density at radius 2 is 1.83 bits per heavy atom. The van der Waals surface area contributed by atoms with E-state index in [4.69, 9.17) is 10.5 Å². The molecule has 0 spiro atoms. The van der Waals surface area contributed by atoms with Gasteiger partial charge in [0.2, 0.25) is 0 Å². The Bertz CT molecular complexity index is 481. The van der Waals surface area contributed by atoms with Crippen LogP contribution in [-0.2, 0) is 6.42 Å². The van der Waals surface area contributed by atoms with Gasteiger partial charge >= 0.3 is 0 Å². The summed E-state index contributed by atoms with van der Waals surface area (Å²) >= 11 is 0. The minimum Gasteiger partial charge on any atom is -0.494 e. The van der Waals surface area contributed by atoms with Crippen LogP contribution in [0.3, 0.4) is 0 Å². The second-order valence-electron chi connectivity index (χ2n) is 4.30. The standard InChI is InChI=1S/C16H19NO/c1-2-18-15-10-6-9-14(12-15)16(17)11-13-7-4-3-5-8-13/h3-10,12,16H,2,11,17H2,1H3. The van der Waals surface area contributed by atoms with E-state index in [1.165, 1.54) is 5.56 Å². The summed E-state index contributed by atoms with van der Waals surface area (Å²) in [7, 11) is 0. The van der Waals surface area contributed by atoms with Crippen LogP contribution in [0.2, 0.25) is 0 Å². The fourth-order valence-electron chi connectivity index (χ4n) is 1.99. The van der Waals surface area contributed by atoms with Gasteiger partial charge in [-0.15, -0.1) is 0 Å². The van der Waals surface area contributed by atoms with Crippen molar-refractivity contribution in [3.8, 4) is 5.75 Å². The van der Waals surface area contributed by atoms with Crippen LogP contribution < -0.4 is 10.5 Å². The summed E-state index contributed by atoms with van der Waals surface area (Å²) in [6.45, 7) is 2.66. The van der Waals surface area contributed by atoms with Crippen molar-refractivity contribution in [1.82, 2.24) is 0 Å². The van der Waals surface area contributed by atoms with Gasteiger partial charge in [0.05, 0.1) is 6.61 Å². The van der Waals surface area contributed by atoms with Crippen LogP contribution in [0, 0.1) is 0 Å². The van der Waals surface area contributed by atoms with Gasteiger partial charge in [0.25, 0.3) is 0 Å². The molecule has 0 saturated carbocycles. The molecule has 2 nitrogen and oxygen atoms in total. The summed E-state index contributed by atoms with van der Waals surface area (Å²) in [5.41, 5.74) is 8.61. The van der Waals surface area contributed by atoms with Crippen LogP contribution >= 0.6 is 0 Å². The first-order chi connectivity index (χ1) is 8.79. The lowest BCUT2D eigenvalue weighted by atomic mass is 10.00. The van der Waals surface area contributed by atoms with Gasteiger partial charge in [0.15, 0.2) is 0 Å². The quantitative estimate of drug-likeness (QED) is 0.871. The molecule has 0 fully saturated rings. The van der Waals surface area contributed by atoms with Gasteiger partial charge in [-0.25, -0.2) is 0 Å². The number of ether oxygens (including phenoxy) is 1. The molecule has 2 rings (SSSR count). The van der Waals surface area contributed by atoms with Crippen molar-refractivity contribution in [2.45, 2.75) is 19.4 Å². The maximum absolute atomic E-state index is 6.24. The number of hydrogen-bond acceptors (Lipinski definition) is 2. The largest absolute Gasteiger partial charge is 0.494 e. The molecule has 1 unspecified atom stereocenters. The van der Waals surface area contributed by atoms with Crippen molar-refractivity contribution >= 4 is 0 Å². The van der Waals surface area contributed by atoms with Gasteiger partial charge in [-0.2, -0.15) is 0 Å². The highest BCUT2D eigenvalue weighted by molar-refractivity contribution is 5.31. The Labute approximate surface area is 108 Å². The second-order valence-corrected chi connectivity index (χ2v) is 4.30. The van der Waals surface area contributed by atoms with E-state index in [1.807, 2.05) is 43.3 Å². The zero-order valence-corrected chi connectivity index (χ0v) is 10.7. The average Bonchev–Trinajstić information content (AvgIpc) is 2.40. The summed E-state index contributed by atoms with van der Waals surface area (Å²) in [6, 6.07) is 18.3. The van der Waals surface area contributed by atoms with Crippen molar-refractivity contribution in [2.24, 2.45) is 5.73 Å². The van der Waals surface area contributed by atoms with E-state index in [2.05, 4.69) is 18.2 Å². The summed E-state index contributed by atoms with van der Waals surface area (Å²) in [4.78, 5) is 0. The monoisotopic (exact) mass is 241 g/mol. The van der Waals surface area contributed by atoms with Crippen molar-refractivity contribution in [2.75, 3.05) is 6.61 Å². The zero-order chi connectivity index (χ0) is 12.8.